The fraction of sp³-hybridized carbons (Fsp3) is 0.135. The number of H-pyrrole nitrogens is 5. The third-order valence-corrected chi connectivity index (χ3v) is 14.4. The molecule has 10 aromatic rings. The number of ketones is 4. The normalized spacial score (nSPS) is 11.4. The topological polar surface area (TPSA) is 236 Å². The Morgan fingerprint density at radius 2 is 0.831 bits per heavy atom. The highest BCUT2D eigenvalue weighted by Gasteiger charge is 2.12. The largest absolute Gasteiger partial charge is 0.477 e. The van der Waals surface area contributed by atoms with E-state index < -0.39 is 26.6 Å². The number of halogens is 2. The van der Waals surface area contributed by atoms with Gasteiger partial charge < -0.3 is 30.0 Å². The minimum Gasteiger partial charge on any atom is -0.477 e. The van der Waals surface area contributed by atoms with E-state index in [1.165, 1.54) is 24.8 Å². The highest BCUT2D eigenvalue weighted by atomic mass is 79.9. The standard InChI is InChI=1S/C11H11NO3S.C11H11NO2S.C11H11NOS.C10H8BrNO.C9H6BrNO2/c1-7(13)11-6-8-5-9(16(2,14)15)3-4-10(8)12-11;1-7(13)11-6-8-5-9(15(2)14)3-4-10(8)12-11;1-7(13)11-6-8-5-9(14-2)3-4-10(8)12-11;1-6(13)10-5-7-4-8(11)2-3-9(7)12-10;10-6-1-2-7-5(3-6)4-8(11-7)9(12)13/h3-6,12H,1-2H3;3-6,12H,1-2H3;3-6,12H,1-2H3;2-5,12H,1H3;1-4,11H,(H,12,13). The van der Waals surface area contributed by atoms with Crippen LogP contribution in [0.15, 0.2) is 145 Å². The fourth-order valence-corrected chi connectivity index (χ4v) is 9.36. The number of Topliss-reactive ketones (excluding diaryl/α,β-unsaturated/α-hetero) is 4. The molecule has 6 N–H and O–H groups in total. The maximum absolute atomic E-state index is 11.3. The molecule has 0 fully saturated rings. The Hall–Kier alpha value is -6.64. The first-order valence-corrected chi connectivity index (χ1v) is 27.5. The van der Waals surface area contributed by atoms with Gasteiger partial charge in [-0.25, -0.2) is 13.2 Å². The van der Waals surface area contributed by atoms with Crippen LogP contribution in [0.2, 0.25) is 0 Å². The number of carbonyl (C=O) groups is 5. The van der Waals surface area contributed by atoms with Crippen molar-refractivity contribution >= 4 is 148 Å². The lowest BCUT2D eigenvalue weighted by Gasteiger charge is -1.97. The monoisotopic (exact) mass is 1140 g/mol. The van der Waals surface area contributed by atoms with Crippen molar-refractivity contribution in [1.82, 2.24) is 24.9 Å². The van der Waals surface area contributed by atoms with Crippen LogP contribution < -0.4 is 0 Å². The number of carboxylic acid groups (broad SMARTS) is 1. The van der Waals surface area contributed by atoms with Gasteiger partial charge in [-0.1, -0.05) is 31.9 Å². The number of sulfone groups is 1. The molecule has 0 spiro atoms. The minimum absolute atomic E-state index is 0.00497. The van der Waals surface area contributed by atoms with E-state index in [0.717, 1.165) is 74.6 Å². The number of thioether (sulfide) groups is 1. The van der Waals surface area contributed by atoms with Gasteiger partial charge in [-0.05, 0) is 128 Å². The van der Waals surface area contributed by atoms with Gasteiger partial charge in [0.15, 0.2) is 33.0 Å². The van der Waals surface area contributed by atoms with Gasteiger partial charge in [0.25, 0.3) is 0 Å². The summed E-state index contributed by atoms with van der Waals surface area (Å²) in [4.78, 5) is 72.2. The van der Waals surface area contributed by atoms with Crippen molar-refractivity contribution in [1.29, 1.82) is 0 Å². The van der Waals surface area contributed by atoms with Crippen LogP contribution in [0.25, 0.3) is 54.5 Å². The maximum atomic E-state index is 11.3. The predicted molar refractivity (Wildman–Crippen MR) is 291 cm³/mol. The Labute approximate surface area is 431 Å². The second kappa shape index (κ2) is 23.1. The van der Waals surface area contributed by atoms with E-state index >= 15 is 0 Å². The molecule has 1 unspecified atom stereocenters. The summed E-state index contributed by atoms with van der Waals surface area (Å²) in [6.07, 6.45) is 4.84. The number of rotatable bonds is 8. The van der Waals surface area contributed by atoms with Crippen molar-refractivity contribution in [3.8, 4) is 0 Å². The van der Waals surface area contributed by atoms with Crippen molar-refractivity contribution in [3.63, 3.8) is 0 Å². The zero-order valence-electron chi connectivity index (χ0n) is 39.2. The molecular formula is C52H47Br2N5O9S3. The molecule has 0 aliphatic carbocycles. The van der Waals surface area contributed by atoms with Gasteiger partial charge in [-0.2, -0.15) is 0 Å². The van der Waals surface area contributed by atoms with Crippen LogP contribution in [-0.4, -0.2) is 90.5 Å². The second-order valence-electron chi connectivity index (χ2n) is 16.1. The number of benzene rings is 5. The molecule has 0 amide bonds. The number of aromatic nitrogens is 5. The predicted octanol–water partition coefficient (Wildman–Crippen LogP) is 12.7. The van der Waals surface area contributed by atoms with E-state index in [1.54, 1.807) is 68.3 Å². The zero-order chi connectivity index (χ0) is 51.9. The molecule has 0 radical (unpaired) electrons. The van der Waals surface area contributed by atoms with Crippen LogP contribution in [-0.2, 0) is 20.6 Å². The molecule has 0 saturated carbocycles. The van der Waals surface area contributed by atoms with E-state index in [4.69, 9.17) is 5.11 Å². The summed E-state index contributed by atoms with van der Waals surface area (Å²) in [6, 6.07) is 36.7. The molecule has 0 saturated heterocycles. The molecule has 10 rings (SSSR count). The average molecular weight is 1140 g/mol. The third kappa shape index (κ3) is 14.0. The lowest BCUT2D eigenvalue weighted by atomic mass is 10.2. The molecule has 5 heterocycles. The number of nitrogens with one attached hydrogen (secondary N) is 5. The third-order valence-electron chi connectivity index (χ3n) is 10.7. The molecule has 1 atom stereocenters. The quantitative estimate of drug-likeness (QED) is 0.0622. The molecule has 19 heteroatoms. The molecule has 0 aliphatic heterocycles. The molecule has 0 bridgehead atoms. The SMILES string of the molecule is CC(=O)c1cc2cc(Br)ccc2[nH]1.CC(=O)c1cc2cc(S(C)(=O)=O)ccc2[nH]1.CC(=O)c1cc2cc(S(C)=O)ccc2[nH]1.CSc1ccc2[nH]c(C(C)=O)cc2c1.O=C(O)c1cc2cc(Br)ccc2[nH]1. The summed E-state index contributed by atoms with van der Waals surface area (Å²) < 4.78 is 35.9. The summed E-state index contributed by atoms with van der Waals surface area (Å²) in [5.41, 5.74) is 7.14. The van der Waals surface area contributed by atoms with Gasteiger partial charge in [-0.15, -0.1) is 11.8 Å². The number of aromatic amines is 5. The van der Waals surface area contributed by atoms with E-state index in [1.807, 2.05) is 79.1 Å². The summed E-state index contributed by atoms with van der Waals surface area (Å²) in [7, 11) is -4.19. The Balaban J connectivity index is 0.000000146. The van der Waals surface area contributed by atoms with Crippen molar-refractivity contribution in [2.45, 2.75) is 42.4 Å². The van der Waals surface area contributed by atoms with Crippen LogP contribution in [0.4, 0.5) is 0 Å². The number of aromatic carboxylic acids is 1. The van der Waals surface area contributed by atoms with Gasteiger partial charge in [0.2, 0.25) is 0 Å². The summed E-state index contributed by atoms with van der Waals surface area (Å²) in [5, 5.41) is 13.4. The first-order valence-electron chi connectivity index (χ1n) is 21.3. The van der Waals surface area contributed by atoms with E-state index in [9.17, 15) is 36.6 Å². The highest BCUT2D eigenvalue weighted by molar-refractivity contribution is 9.10. The van der Waals surface area contributed by atoms with Crippen molar-refractivity contribution < 1.29 is 41.7 Å². The van der Waals surface area contributed by atoms with Crippen LogP contribution in [0, 0.1) is 0 Å². The van der Waals surface area contributed by atoms with E-state index in [-0.39, 0.29) is 33.7 Å². The van der Waals surface area contributed by atoms with Gasteiger partial charge >= 0.3 is 5.97 Å². The molecule has 5 aromatic heterocycles. The fourth-order valence-electron chi connectivity index (χ4n) is 6.95. The summed E-state index contributed by atoms with van der Waals surface area (Å²) >= 11 is 8.40. The second-order valence-corrected chi connectivity index (χ2v) is 22.2. The van der Waals surface area contributed by atoms with E-state index in [0.29, 0.717) is 22.8 Å². The molecule has 71 heavy (non-hydrogen) atoms. The Morgan fingerprint density at radius 1 is 0.493 bits per heavy atom. The van der Waals surface area contributed by atoms with Crippen molar-refractivity contribution in [3.05, 3.63) is 159 Å². The number of fused-ring (bicyclic) bond motifs is 5. The Morgan fingerprint density at radius 3 is 1.21 bits per heavy atom. The van der Waals surface area contributed by atoms with E-state index in [2.05, 4.69) is 62.8 Å². The summed E-state index contributed by atoms with van der Waals surface area (Å²) in [6.45, 7) is 6.10. The first-order chi connectivity index (χ1) is 33.5. The number of hydrogen-bond donors (Lipinski definition) is 6. The lowest BCUT2D eigenvalue weighted by Crippen LogP contribution is -1.95. The number of carboxylic acids is 1. The van der Waals surface area contributed by atoms with Crippen LogP contribution in [0.3, 0.4) is 0 Å². The average Bonchev–Trinajstić information content (AvgIpc) is 4.17. The number of carbonyl (C=O) groups excluding carboxylic acids is 4. The molecular weight excluding hydrogens is 1090 g/mol. The maximum Gasteiger partial charge on any atom is 0.352 e. The van der Waals surface area contributed by atoms with Gasteiger partial charge in [0.1, 0.15) is 5.69 Å². The summed E-state index contributed by atoms with van der Waals surface area (Å²) in [5.74, 6) is -0.867. The molecule has 0 aliphatic rings. The van der Waals surface area contributed by atoms with Crippen LogP contribution >= 0.6 is 43.6 Å². The minimum atomic E-state index is -3.20. The van der Waals surface area contributed by atoms with Gasteiger partial charge in [0.05, 0.1) is 27.7 Å². The zero-order valence-corrected chi connectivity index (χ0v) is 44.9. The first kappa shape index (κ1) is 53.7. The number of hydrogen-bond acceptors (Lipinski definition) is 9. The van der Waals surface area contributed by atoms with Crippen LogP contribution in [0.5, 0.6) is 0 Å². The molecule has 5 aromatic carbocycles. The smallest absolute Gasteiger partial charge is 0.352 e. The molecule has 366 valence electrons. The van der Waals surface area contributed by atoms with Crippen LogP contribution in [0.1, 0.15) is 80.1 Å². The lowest BCUT2D eigenvalue weighted by molar-refractivity contribution is 0.0690. The Bertz CT molecular complexity index is 3710. The Kier molecular flexibility index (Phi) is 17.4. The van der Waals surface area contributed by atoms with Gasteiger partial charge in [0, 0.05) is 124 Å². The van der Waals surface area contributed by atoms with Crippen molar-refractivity contribution in [2.24, 2.45) is 0 Å². The molecule has 14 nitrogen and oxygen atoms in total. The van der Waals surface area contributed by atoms with Crippen molar-refractivity contribution in [2.75, 3.05) is 18.8 Å². The highest BCUT2D eigenvalue weighted by Crippen LogP contribution is 2.25. The van der Waals surface area contributed by atoms with Gasteiger partial charge in [-0.3, -0.25) is 23.4 Å².